The van der Waals surface area contributed by atoms with Crippen molar-refractivity contribution in [2.24, 2.45) is 0 Å². The Morgan fingerprint density at radius 1 is 1.82 bits per heavy atom. The number of epoxide rings is 1. The first kappa shape index (κ1) is 6.82. The van der Waals surface area contributed by atoms with Gasteiger partial charge in [0.25, 0.3) is 0 Å². The van der Waals surface area contributed by atoms with E-state index in [1.54, 1.807) is 6.07 Å². The van der Waals surface area contributed by atoms with Crippen LogP contribution in [0.4, 0.5) is 0 Å². The van der Waals surface area contributed by atoms with Crippen LogP contribution in [0.15, 0.2) is 17.5 Å². The molecule has 0 amide bonds. The minimum Gasteiger partial charge on any atom is -0.413 e. The van der Waals surface area contributed by atoms with Crippen molar-refractivity contribution in [1.82, 2.24) is 0 Å². The van der Waals surface area contributed by atoms with Crippen LogP contribution in [0.1, 0.15) is 0 Å². The highest BCUT2D eigenvalue weighted by molar-refractivity contribution is 7.11. The standard InChI is InChI=1S/C7H6O3S/c8-7(5-4-9-5)10-6-2-1-3-11-6/h1-3,5H,4H2. The summed E-state index contributed by atoms with van der Waals surface area (Å²) >= 11 is 1.40. The molecule has 3 nitrogen and oxygen atoms in total. The molecule has 0 aliphatic carbocycles. The van der Waals surface area contributed by atoms with Gasteiger partial charge in [-0.3, -0.25) is 0 Å². The zero-order valence-corrected chi connectivity index (χ0v) is 6.47. The van der Waals surface area contributed by atoms with E-state index in [9.17, 15) is 4.79 Å². The van der Waals surface area contributed by atoms with Gasteiger partial charge < -0.3 is 9.47 Å². The van der Waals surface area contributed by atoms with E-state index in [1.165, 1.54) is 11.3 Å². The number of hydrogen-bond donors (Lipinski definition) is 0. The van der Waals surface area contributed by atoms with Gasteiger partial charge in [0.15, 0.2) is 11.2 Å². The first-order valence-corrected chi connectivity index (χ1v) is 4.11. The maximum absolute atomic E-state index is 10.9. The molecule has 1 unspecified atom stereocenters. The monoisotopic (exact) mass is 170 g/mol. The molecule has 58 valence electrons. The lowest BCUT2D eigenvalue weighted by Crippen LogP contribution is -2.13. The zero-order valence-electron chi connectivity index (χ0n) is 5.65. The third-order valence-electron chi connectivity index (χ3n) is 1.29. The van der Waals surface area contributed by atoms with Gasteiger partial charge in [-0.1, -0.05) is 0 Å². The molecule has 1 aromatic rings. The van der Waals surface area contributed by atoms with Gasteiger partial charge in [-0.2, -0.15) is 0 Å². The number of carbonyl (C=O) groups is 1. The molecule has 2 heterocycles. The molecule has 0 radical (unpaired) electrons. The van der Waals surface area contributed by atoms with Crippen LogP contribution in [0.25, 0.3) is 0 Å². The molecule has 0 aromatic carbocycles. The Morgan fingerprint density at radius 2 is 2.64 bits per heavy atom. The largest absolute Gasteiger partial charge is 0.413 e. The molecule has 0 bridgehead atoms. The van der Waals surface area contributed by atoms with E-state index in [2.05, 4.69) is 0 Å². The minimum absolute atomic E-state index is 0.285. The lowest BCUT2D eigenvalue weighted by molar-refractivity contribution is -0.135. The highest BCUT2D eigenvalue weighted by Crippen LogP contribution is 2.21. The van der Waals surface area contributed by atoms with Crippen LogP contribution in [0.3, 0.4) is 0 Å². The molecule has 0 spiro atoms. The molecular weight excluding hydrogens is 164 g/mol. The minimum atomic E-state index is -0.308. The fraction of sp³-hybridized carbons (Fsp3) is 0.286. The Labute approximate surface area is 67.5 Å². The van der Waals surface area contributed by atoms with Crippen LogP contribution in [0.2, 0.25) is 0 Å². The first-order chi connectivity index (χ1) is 5.36. The smallest absolute Gasteiger partial charge is 0.343 e. The molecular formula is C7H6O3S. The molecule has 0 saturated carbocycles. The van der Waals surface area contributed by atoms with E-state index >= 15 is 0 Å². The van der Waals surface area contributed by atoms with Gasteiger partial charge in [0.1, 0.15) is 0 Å². The molecule has 2 rings (SSSR count). The zero-order chi connectivity index (χ0) is 7.68. The quantitative estimate of drug-likeness (QED) is 0.492. The second-order valence-corrected chi connectivity index (χ2v) is 3.09. The van der Waals surface area contributed by atoms with E-state index < -0.39 is 0 Å². The Hall–Kier alpha value is -0.870. The Kier molecular flexibility index (Phi) is 1.63. The average molecular weight is 170 g/mol. The lowest BCUT2D eigenvalue weighted by Gasteiger charge is -1.95. The highest BCUT2D eigenvalue weighted by atomic mass is 32.1. The third-order valence-corrected chi connectivity index (χ3v) is 2.04. The Balaban J connectivity index is 1.94. The van der Waals surface area contributed by atoms with Crippen molar-refractivity contribution in [2.75, 3.05) is 6.61 Å². The van der Waals surface area contributed by atoms with Crippen LogP contribution in [-0.2, 0) is 9.53 Å². The fourth-order valence-corrected chi connectivity index (χ4v) is 1.25. The van der Waals surface area contributed by atoms with Gasteiger partial charge in [-0.25, -0.2) is 4.79 Å². The summed E-state index contributed by atoms with van der Waals surface area (Å²) in [7, 11) is 0. The van der Waals surface area contributed by atoms with Gasteiger partial charge in [0.2, 0.25) is 0 Å². The molecule has 11 heavy (non-hydrogen) atoms. The van der Waals surface area contributed by atoms with Crippen molar-refractivity contribution in [2.45, 2.75) is 6.10 Å². The molecule has 1 saturated heterocycles. The third kappa shape index (κ3) is 1.58. The number of carbonyl (C=O) groups excluding carboxylic acids is 1. The number of ether oxygens (including phenoxy) is 2. The molecule has 1 aliphatic rings. The SMILES string of the molecule is O=C(Oc1cccs1)C1CO1. The van der Waals surface area contributed by atoms with Crippen molar-refractivity contribution in [3.05, 3.63) is 17.5 Å². The first-order valence-electron chi connectivity index (χ1n) is 3.23. The maximum Gasteiger partial charge on any atom is 0.343 e. The van der Waals surface area contributed by atoms with E-state index in [-0.39, 0.29) is 12.1 Å². The number of rotatable bonds is 2. The topological polar surface area (TPSA) is 38.8 Å². The van der Waals surface area contributed by atoms with Gasteiger partial charge >= 0.3 is 5.97 Å². The summed E-state index contributed by atoms with van der Waals surface area (Å²) in [5.41, 5.74) is 0. The summed E-state index contributed by atoms with van der Waals surface area (Å²) in [6.07, 6.45) is -0.308. The molecule has 1 fully saturated rings. The molecule has 1 aliphatic heterocycles. The van der Waals surface area contributed by atoms with Gasteiger partial charge in [0.05, 0.1) is 6.61 Å². The van der Waals surface area contributed by atoms with Crippen LogP contribution in [0, 0.1) is 0 Å². The summed E-state index contributed by atoms with van der Waals surface area (Å²) in [5, 5.41) is 2.49. The second-order valence-electron chi connectivity index (χ2n) is 2.18. The van der Waals surface area contributed by atoms with Crippen molar-refractivity contribution >= 4 is 17.3 Å². The molecule has 1 atom stereocenters. The molecule has 0 N–H and O–H groups in total. The highest BCUT2D eigenvalue weighted by Gasteiger charge is 2.33. The van der Waals surface area contributed by atoms with E-state index in [0.29, 0.717) is 11.7 Å². The van der Waals surface area contributed by atoms with E-state index in [0.717, 1.165) is 0 Å². The van der Waals surface area contributed by atoms with Crippen molar-refractivity contribution in [3.63, 3.8) is 0 Å². The predicted molar refractivity (Wildman–Crippen MR) is 39.7 cm³/mol. The number of hydrogen-bond acceptors (Lipinski definition) is 4. The maximum atomic E-state index is 10.9. The molecule has 4 heteroatoms. The van der Waals surface area contributed by atoms with Crippen molar-refractivity contribution in [1.29, 1.82) is 0 Å². The van der Waals surface area contributed by atoms with Gasteiger partial charge in [-0.05, 0) is 17.5 Å². The summed E-state index contributed by atoms with van der Waals surface area (Å²) in [6.45, 7) is 0.504. The average Bonchev–Trinajstić information content (AvgIpc) is 2.73. The Bertz CT molecular complexity index is 251. The molecule has 1 aromatic heterocycles. The second kappa shape index (κ2) is 2.64. The Morgan fingerprint density at radius 3 is 3.18 bits per heavy atom. The van der Waals surface area contributed by atoms with E-state index in [1.807, 2.05) is 11.4 Å². The summed E-state index contributed by atoms with van der Waals surface area (Å²) in [5.74, 6) is -0.285. The van der Waals surface area contributed by atoms with Crippen LogP contribution < -0.4 is 4.74 Å². The van der Waals surface area contributed by atoms with Gasteiger partial charge in [0, 0.05) is 0 Å². The number of thiophene rings is 1. The van der Waals surface area contributed by atoms with Crippen LogP contribution in [-0.4, -0.2) is 18.7 Å². The van der Waals surface area contributed by atoms with Crippen LogP contribution in [0.5, 0.6) is 5.06 Å². The summed E-state index contributed by atoms with van der Waals surface area (Å²) in [6, 6.07) is 3.59. The summed E-state index contributed by atoms with van der Waals surface area (Å²) < 4.78 is 9.68. The normalized spacial score (nSPS) is 21.3. The van der Waals surface area contributed by atoms with Crippen molar-refractivity contribution in [3.8, 4) is 5.06 Å². The predicted octanol–water partition coefficient (Wildman–Crippen LogP) is 1.05. The lowest BCUT2D eigenvalue weighted by atomic mass is 10.5. The fourth-order valence-electron chi connectivity index (χ4n) is 0.671. The summed E-state index contributed by atoms with van der Waals surface area (Å²) in [4.78, 5) is 10.9. The van der Waals surface area contributed by atoms with Gasteiger partial charge in [-0.15, -0.1) is 11.3 Å². The number of esters is 1. The van der Waals surface area contributed by atoms with Crippen molar-refractivity contribution < 1.29 is 14.3 Å². The van der Waals surface area contributed by atoms with Crippen LogP contribution >= 0.6 is 11.3 Å². The van der Waals surface area contributed by atoms with E-state index in [4.69, 9.17) is 9.47 Å².